The second kappa shape index (κ2) is 11.3. The van der Waals surface area contributed by atoms with Crippen molar-refractivity contribution in [3.63, 3.8) is 0 Å². The normalized spacial score (nSPS) is 29.5. The van der Waals surface area contributed by atoms with Gasteiger partial charge in [0.2, 0.25) is 5.95 Å². The summed E-state index contributed by atoms with van der Waals surface area (Å²) in [5.41, 5.74) is -1.30. The first kappa shape index (κ1) is 29.4. The van der Waals surface area contributed by atoms with E-state index in [0.717, 1.165) is 88.0 Å². The Bertz CT molecular complexity index is 1410. The number of alkyl halides is 1. The third-order valence-electron chi connectivity index (χ3n) is 11.0. The summed E-state index contributed by atoms with van der Waals surface area (Å²) >= 11 is 0. The summed E-state index contributed by atoms with van der Waals surface area (Å²) in [4.78, 5) is 37.7. The summed E-state index contributed by atoms with van der Waals surface area (Å²) in [6.07, 6.45) is 9.73. The number of carbonyl (C=O) groups is 2. The molecule has 5 fully saturated rings. The number of carboxylic acid groups (broad SMARTS) is 1. The van der Waals surface area contributed by atoms with Crippen LogP contribution in [-0.4, -0.2) is 58.9 Å². The van der Waals surface area contributed by atoms with Gasteiger partial charge < -0.3 is 24.8 Å². The fourth-order valence-corrected chi connectivity index (χ4v) is 8.97. The van der Waals surface area contributed by atoms with Gasteiger partial charge >= 0.3 is 5.97 Å². The molecule has 1 aromatic carbocycles. The van der Waals surface area contributed by atoms with Crippen LogP contribution in [0.2, 0.25) is 0 Å². The van der Waals surface area contributed by atoms with Crippen LogP contribution in [0.1, 0.15) is 86.8 Å². The van der Waals surface area contributed by atoms with Crippen LogP contribution in [0.15, 0.2) is 24.4 Å². The Balaban J connectivity index is 1.10. The Labute approximate surface area is 257 Å². The molecule has 1 saturated heterocycles. The standard InChI is InChI=1S/C34H43FN4O5/c1-33(2,35)29-27(30(40)38-34(31(41)42)24-14-21-13-22(16-24)17-25(34)15-21)19-36-32(37-29)39-9-5-23-18-26(3-4-28(23)39)44-12-8-20-6-10-43-11-7-20/h3-4,18-22,24-25H,5-17H2,1-2H3,(H,38,40)(H,41,42). The van der Waals surface area contributed by atoms with Gasteiger partial charge in [-0.05, 0) is 125 Å². The monoisotopic (exact) mass is 606 g/mol. The summed E-state index contributed by atoms with van der Waals surface area (Å²) in [7, 11) is 0. The SMILES string of the molecule is CC(C)(F)c1nc(N2CCc3cc(OCCC4CCOCC4)ccc32)ncc1C(=O)NC1(C(=O)O)C2CC3CC(C2)CC1C3. The number of hydrogen-bond acceptors (Lipinski definition) is 7. The zero-order valence-corrected chi connectivity index (χ0v) is 25.7. The van der Waals surface area contributed by atoms with Crippen molar-refractivity contribution < 1.29 is 28.6 Å². The highest BCUT2D eigenvalue weighted by molar-refractivity contribution is 5.99. The molecule has 3 heterocycles. The first-order chi connectivity index (χ1) is 21.1. The second-order valence-corrected chi connectivity index (χ2v) is 14.2. The molecule has 10 heteroatoms. The van der Waals surface area contributed by atoms with Crippen molar-refractivity contribution in [2.45, 2.75) is 82.8 Å². The molecular formula is C34H43FN4O5. The van der Waals surface area contributed by atoms with Crippen molar-refractivity contribution >= 4 is 23.5 Å². The Hall–Kier alpha value is -3.27. The number of anilines is 2. The van der Waals surface area contributed by atoms with Crippen molar-refractivity contribution in [2.24, 2.45) is 29.6 Å². The average Bonchev–Trinajstić information content (AvgIpc) is 3.41. The lowest BCUT2D eigenvalue weighted by atomic mass is 9.48. The van der Waals surface area contributed by atoms with Gasteiger partial charge in [-0.25, -0.2) is 19.2 Å². The van der Waals surface area contributed by atoms with E-state index in [9.17, 15) is 14.7 Å². The maximum absolute atomic E-state index is 15.7. The largest absolute Gasteiger partial charge is 0.494 e. The number of carboxylic acids is 1. The number of benzene rings is 1. The number of carbonyl (C=O) groups excluding carboxylic acids is 1. The van der Waals surface area contributed by atoms with E-state index in [1.807, 2.05) is 17.0 Å². The second-order valence-electron chi connectivity index (χ2n) is 14.2. The first-order valence-electron chi connectivity index (χ1n) is 16.3. The zero-order chi connectivity index (χ0) is 30.6. The van der Waals surface area contributed by atoms with Crippen molar-refractivity contribution in [2.75, 3.05) is 31.3 Å². The Morgan fingerprint density at radius 3 is 2.50 bits per heavy atom. The van der Waals surface area contributed by atoms with Crippen LogP contribution >= 0.6 is 0 Å². The van der Waals surface area contributed by atoms with Gasteiger partial charge in [0.05, 0.1) is 17.9 Å². The molecule has 2 N–H and O–H groups in total. The molecular weight excluding hydrogens is 563 g/mol. The van der Waals surface area contributed by atoms with Crippen molar-refractivity contribution in [1.29, 1.82) is 0 Å². The van der Waals surface area contributed by atoms with Crippen molar-refractivity contribution in [3.05, 3.63) is 41.2 Å². The molecule has 4 aliphatic carbocycles. The number of amides is 1. The van der Waals surface area contributed by atoms with E-state index in [2.05, 4.69) is 21.4 Å². The molecule has 1 amide bonds. The lowest BCUT2D eigenvalue weighted by molar-refractivity contribution is -0.163. The van der Waals surface area contributed by atoms with Crippen LogP contribution in [0.4, 0.5) is 16.0 Å². The van der Waals surface area contributed by atoms with Crippen LogP contribution in [0, 0.1) is 29.6 Å². The molecule has 0 radical (unpaired) electrons. The highest BCUT2D eigenvalue weighted by Crippen LogP contribution is 2.58. The lowest BCUT2D eigenvalue weighted by Crippen LogP contribution is -2.70. The fraction of sp³-hybridized carbons (Fsp3) is 0.647. The van der Waals surface area contributed by atoms with Crippen LogP contribution in [0.3, 0.4) is 0 Å². The molecule has 2 aromatic rings. The molecule has 0 unspecified atom stereocenters. The predicted molar refractivity (Wildman–Crippen MR) is 162 cm³/mol. The van der Waals surface area contributed by atoms with Gasteiger partial charge in [-0.2, -0.15) is 0 Å². The first-order valence-corrected chi connectivity index (χ1v) is 16.3. The number of halogens is 1. The molecule has 0 spiro atoms. The molecule has 9 nitrogen and oxygen atoms in total. The predicted octanol–water partition coefficient (Wildman–Crippen LogP) is 5.58. The number of rotatable bonds is 9. The molecule has 4 saturated carbocycles. The average molecular weight is 607 g/mol. The van der Waals surface area contributed by atoms with Crippen molar-refractivity contribution in [1.82, 2.24) is 15.3 Å². The molecule has 4 bridgehead atoms. The molecule has 1 aromatic heterocycles. The minimum Gasteiger partial charge on any atom is -0.494 e. The van der Waals surface area contributed by atoms with E-state index in [1.54, 1.807) is 0 Å². The molecule has 44 heavy (non-hydrogen) atoms. The van der Waals surface area contributed by atoms with Gasteiger partial charge in [-0.1, -0.05) is 0 Å². The number of hydrogen-bond donors (Lipinski definition) is 2. The minimum absolute atomic E-state index is 0.0108. The Morgan fingerprint density at radius 2 is 1.84 bits per heavy atom. The number of fused-ring (bicyclic) bond motifs is 1. The summed E-state index contributed by atoms with van der Waals surface area (Å²) in [6, 6.07) is 5.98. The lowest BCUT2D eigenvalue weighted by Gasteiger charge is -2.59. The van der Waals surface area contributed by atoms with E-state index >= 15 is 4.39 Å². The third kappa shape index (κ3) is 5.22. The number of nitrogens with zero attached hydrogens (tertiary/aromatic N) is 3. The van der Waals surface area contributed by atoms with E-state index in [-0.39, 0.29) is 23.1 Å². The van der Waals surface area contributed by atoms with E-state index in [4.69, 9.17) is 9.47 Å². The highest BCUT2D eigenvalue weighted by Gasteiger charge is 2.62. The summed E-state index contributed by atoms with van der Waals surface area (Å²) in [6.45, 7) is 5.69. The van der Waals surface area contributed by atoms with Crippen molar-refractivity contribution in [3.8, 4) is 5.75 Å². The summed E-state index contributed by atoms with van der Waals surface area (Å²) in [5, 5.41) is 13.4. The minimum atomic E-state index is -1.95. The summed E-state index contributed by atoms with van der Waals surface area (Å²) < 4.78 is 27.2. The van der Waals surface area contributed by atoms with Crippen LogP contribution in [0.5, 0.6) is 5.75 Å². The van der Waals surface area contributed by atoms with Gasteiger partial charge in [-0.15, -0.1) is 0 Å². The molecule has 2 aliphatic heterocycles. The quantitative estimate of drug-likeness (QED) is 0.380. The molecule has 236 valence electrons. The van der Waals surface area contributed by atoms with Crippen LogP contribution in [0.25, 0.3) is 0 Å². The van der Waals surface area contributed by atoms with Gasteiger partial charge in [-0.3, -0.25) is 4.79 Å². The van der Waals surface area contributed by atoms with E-state index in [1.165, 1.54) is 20.0 Å². The van der Waals surface area contributed by atoms with E-state index < -0.39 is 23.1 Å². The van der Waals surface area contributed by atoms with E-state index in [0.29, 0.717) is 36.9 Å². The van der Waals surface area contributed by atoms with Gasteiger partial charge in [0.25, 0.3) is 5.91 Å². The van der Waals surface area contributed by atoms with Crippen LogP contribution in [-0.2, 0) is 21.6 Å². The Morgan fingerprint density at radius 1 is 1.14 bits per heavy atom. The number of aliphatic carboxylic acids is 1. The van der Waals surface area contributed by atoms with Gasteiger partial charge in [0, 0.05) is 31.6 Å². The molecule has 6 aliphatic rings. The molecule has 8 rings (SSSR count). The fourth-order valence-electron chi connectivity index (χ4n) is 8.97. The maximum atomic E-state index is 15.7. The number of aromatic nitrogens is 2. The number of ether oxygens (including phenoxy) is 2. The van der Waals surface area contributed by atoms with Crippen LogP contribution < -0.4 is 15.0 Å². The number of nitrogens with one attached hydrogen (secondary N) is 1. The topological polar surface area (TPSA) is 114 Å². The summed E-state index contributed by atoms with van der Waals surface area (Å²) in [5.74, 6) is 1.03. The Kier molecular flexibility index (Phi) is 7.54. The van der Waals surface area contributed by atoms with Gasteiger partial charge in [0.1, 0.15) is 17.0 Å². The molecule has 0 atom stereocenters. The highest BCUT2D eigenvalue weighted by atomic mass is 19.1. The van der Waals surface area contributed by atoms with Gasteiger partial charge in [0.15, 0.2) is 0 Å². The third-order valence-corrected chi connectivity index (χ3v) is 11.0. The smallest absolute Gasteiger partial charge is 0.330 e. The maximum Gasteiger partial charge on any atom is 0.330 e. The zero-order valence-electron chi connectivity index (χ0n) is 25.7.